The minimum atomic E-state index is -4.19. The molecule has 0 amide bonds. The quantitative estimate of drug-likeness (QED) is 0.177. The van der Waals surface area contributed by atoms with Gasteiger partial charge in [-0.1, -0.05) is 29.3 Å². The van der Waals surface area contributed by atoms with Crippen molar-refractivity contribution in [2.75, 3.05) is 6.79 Å². The number of nitrogens with one attached hydrogen (secondary N) is 1. The topological polar surface area (TPSA) is 127 Å². The van der Waals surface area contributed by atoms with Gasteiger partial charge in [-0.15, -0.1) is 22.0 Å². The van der Waals surface area contributed by atoms with Gasteiger partial charge in [0, 0.05) is 21.2 Å². The summed E-state index contributed by atoms with van der Waals surface area (Å²) in [5.74, 6) is 1.90. The molecule has 0 bridgehead atoms. The normalized spacial score (nSPS) is 12.4. The Balaban J connectivity index is 1.49. The number of sulfonamides is 1. The van der Waals surface area contributed by atoms with Gasteiger partial charge in [-0.05, 0) is 54.1 Å². The van der Waals surface area contributed by atoms with Crippen molar-refractivity contribution in [3.63, 3.8) is 0 Å². The maximum atomic E-state index is 12.9. The van der Waals surface area contributed by atoms with Gasteiger partial charge in [-0.2, -0.15) is 5.26 Å². The molecule has 0 fully saturated rings. The molecule has 13 heteroatoms. The van der Waals surface area contributed by atoms with Crippen LogP contribution in [0.2, 0.25) is 10.0 Å². The highest BCUT2D eigenvalue weighted by Gasteiger charge is 2.24. The van der Waals surface area contributed by atoms with Crippen LogP contribution in [0.25, 0.3) is 22.9 Å². The first-order chi connectivity index (χ1) is 17.3. The van der Waals surface area contributed by atoms with Crippen molar-refractivity contribution in [2.24, 2.45) is 0 Å². The average molecular weight is 561 g/mol. The first-order valence-corrected chi connectivity index (χ1v) is 13.4. The molecule has 36 heavy (non-hydrogen) atoms. The van der Waals surface area contributed by atoms with E-state index in [1.165, 1.54) is 30.1 Å². The molecule has 0 aliphatic carbocycles. The summed E-state index contributed by atoms with van der Waals surface area (Å²) in [4.78, 5) is 0.182. The van der Waals surface area contributed by atoms with Crippen LogP contribution in [-0.4, -0.2) is 25.4 Å². The minimum absolute atomic E-state index is 0.0191. The van der Waals surface area contributed by atoms with Gasteiger partial charge < -0.3 is 13.9 Å². The molecule has 0 unspecified atom stereocenters. The highest BCUT2D eigenvalue weighted by Crippen LogP contribution is 2.39. The van der Waals surface area contributed by atoms with Crippen molar-refractivity contribution in [2.45, 2.75) is 15.5 Å². The molecular formula is C23H14Cl2N4O5S2. The summed E-state index contributed by atoms with van der Waals surface area (Å²) in [5, 5.41) is 17.8. The number of nitrogens with zero attached hydrogens (tertiary/aromatic N) is 3. The van der Waals surface area contributed by atoms with E-state index in [1.54, 1.807) is 30.3 Å². The molecule has 4 aromatic rings. The Hall–Kier alpha value is -3.43. The highest BCUT2D eigenvalue weighted by molar-refractivity contribution is 7.99. The average Bonchev–Trinajstić information content (AvgIpc) is 3.52. The summed E-state index contributed by atoms with van der Waals surface area (Å²) < 4.78 is 44.1. The van der Waals surface area contributed by atoms with E-state index < -0.39 is 10.0 Å². The second-order valence-corrected chi connectivity index (χ2v) is 10.9. The van der Waals surface area contributed by atoms with Crippen LogP contribution in [0, 0.1) is 11.5 Å². The van der Waals surface area contributed by atoms with E-state index in [2.05, 4.69) is 10.2 Å². The monoisotopic (exact) mass is 560 g/mol. The number of nitriles is 1. The van der Waals surface area contributed by atoms with E-state index in [0.717, 1.165) is 5.56 Å². The molecule has 0 saturated heterocycles. The Labute approximate surface area is 220 Å². The maximum Gasteiger partial charge on any atom is 0.271 e. The number of halogens is 2. The van der Waals surface area contributed by atoms with Gasteiger partial charge in [0.25, 0.3) is 10.0 Å². The zero-order valence-electron chi connectivity index (χ0n) is 18.1. The van der Waals surface area contributed by atoms with Gasteiger partial charge >= 0.3 is 0 Å². The molecule has 3 aromatic carbocycles. The second-order valence-electron chi connectivity index (χ2n) is 7.39. The Bertz CT molecular complexity index is 1600. The number of hydrogen-bond donors (Lipinski definition) is 1. The Kier molecular flexibility index (Phi) is 6.68. The van der Waals surface area contributed by atoms with Gasteiger partial charge in [0.15, 0.2) is 17.7 Å². The predicted molar refractivity (Wildman–Crippen MR) is 133 cm³/mol. The van der Waals surface area contributed by atoms with E-state index in [1.807, 2.05) is 16.9 Å². The highest BCUT2D eigenvalue weighted by atomic mass is 35.5. The Morgan fingerprint density at radius 2 is 1.75 bits per heavy atom. The third-order valence-corrected chi connectivity index (χ3v) is 8.18. The van der Waals surface area contributed by atoms with Gasteiger partial charge in [0.1, 0.15) is 4.90 Å². The smallest absolute Gasteiger partial charge is 0.271 e. The molecule has 0 radical (unpaired) electrons. The van der Waals surface area contributed by atoms with Crippen molar-refractivity contribution >= 4 is 45.0 Å². The molecular weight excluding hydrogens is 547 g/mol. The fourth-order valence-electron chi connectivity index (χ4n) is 3.37. The summed E-state index contributed by atoms with van der Waals surface area (Å²) >= 11 is 13.7. The molecule has 9 nitrogen and oxygen atoms in total. The van der Waals surface area contributed by atoms with E-state index >= 15 is 0 Å². The van der Waals surface area contributed by atoms with E-state index in [-0.39, 0.29) is 34.1 Å². The number of fused-ring (bicyclic) bond motifs is 1. The Morgan fingerprint density at radius 1 is 1.00 bits per heavy atom. The number of thioether (sulfide) groups is 1. The third kappa shape index (κ3) is 4.94. The van der Waals surface area contributed by atoms with Crippen molar-refractivity contribution < 1.29 is 22.3 Å². The Morgan fingerprint density at radius 3 is 2.53 bits per heavy atom. The van der Waals surface area contributed by atoms with Crippen LogP contribution in [-0.2, 0) is 15.8 Å². The summed E-state index contributed by atoms with van der Waals surface area (Å²) in [6, 6.07) is 15.1. The third-order valence-electron chi connectivity index (χ3n) is 5.08. The zero-order chi connectivity index (χ0) is 25.3. The van der Waals surface area contributed by atoms with E-state index in [9.17, 15) is 8.42 Å². The molecule has 1 aliphatic heterocycles. The lowest BCUT2D eigenvalue weighted by atomic mass is 10.2. The molecule has 0 spiro atoms. The van der Waals surface area contributed by atoms with Gasteiger partial charge in [0.2, 0.25) is 18.6 Å². The van der Waals surface area contributed by atoms with Crippen molar-refractivity contribution in [1.29, 1.82) is 5.26 Å². The molecule has 1 aromatic heterocycles. The molecule has 2 heterocycles. The van der Waals surface area contributed by atoms with Crippen LogP contribution < -0.4 is 14.2 Å². The number of benzene rings is 3. The number of rotatable bonds is 7. The second kappa shape index (κ2) is 9.91. The van der Waals surface area contributed by atoms with E-state index in [4.69, 9.17) is 42.4 Å². The van der Waals surface area contributed by atoms with Crippen LogP contribution in [0.3, 0.4) is 0 Å². The SMILES string of the molecule is N#CNS(=O)(=O)c1cc(-c2nnc(-c3ccc(Cl)cc3)o2)c(Cl)cc1SCc1ccc2c(c1)OCO2. The van der Waals surface area contributed by atoms with Gasteiger partial charge in [-0.3, -0.25) is 0 Å². The molecule has 0 saturated carbocycles. The van der Waals surface area contributed by atoms with Crippen LogP contribution >= 0.6 is 35.0 Å². The fourth-order valence-corrected chi connectivity index (χ4v) is 6.04. The molecule has 1 N–H and O–H groups in total. The van der Waals surface area contributed by atoms with Crippen LogP contribution in [0.5, 0.6) is 11.5 Å². The van der Waals surface area contributed by atoms with Crippen molar-refractivity contribution in [3.8, 4) is 40.6 Å². The first-order valence-electron chi connectivity index (χ1n) is 10.2. The predicted octanol–water partition coefficient (Wildman–Crippen LogP) is 5.49. The van der Waals surface area contributed by atoms with Crippen molar-refractivity contribution in [1.82, 2.24) is 14.9 Å². The van der Waals surface area contributed by atoms with E-state index in [0.29, 0.717) is 32.7 Å². The largest absolute Gasteiger partial charge is 0.454 e. The summed E-state index contributed by atoms with van der Waals surface area (Å²) in [7, 11) is -4.19. The zero-order valence-corrected chi connectivity index (χ0v) is 21.2. The van der Waals surface area contributed by atoms with Gasteiger partial charge in [-0.25, -0.2) is 13.1 Å². The van der Waals surface area contributed by atoms with Crippen LogP contribution in [0.15, 0.2) is 68.8 Å². The molecule has 182 valence electrons. The lowest BCUT2D eigenvalue weighted by Crippen LogP contribution is -2.19. The number of ether oxygens (including phenoxy) is 2. The fraction of sp³-hybridized carbons (Fsp3) is 0.0870. The standard InChI is InChI=1S/C23H14Cl2N4O5S2/c24-15-4-2-14(3-5-15)22-28-29-23(34-22)16-8-21(36(30,31)27-11-26)20(9-17(16)25)35-10-13-1-6-18-19(7-13)33-12-32-18/h1-9,27H,10,12H2. The van der Waals surface area contributed by atoms with Crippen LogP contribution in [0.4, 0.5) is 0 Å². The molecule has 0 atom stereocenters. The lowest BCUT2D eigenvalue weighted by Gasteiger charge is -2.12. The van der Waals surface area contributed by atoms with Gasteiger partial charge in [0.05, 0.1) is 10.6 Å². The maximum absolute atomic E-state index is 12.9. The lowest BCUT2D eigenvalue weighted by molar-refractivity contribution is 0.174. The summed E-state index contributed by atoms with van der Waals surface area (Å²) in [5.41, 5.74) is 1.71. The van der Waals surface area contributed by atoms with Crippen molar-refractivity contribution in [3.05, 3.63) is 70.2 Å². The van der Waals surface area contributed by atoms with Crippen LogP contribution in [0.1, 0.15) is 5.56 Å². The summed E-state index contributed by atoms with van der Waals surface area (Å²) in [6.07, 6.45) is 1.47. The number of hydrogen-bond acceptors (Lipinski definition) is 9. The first kappa shape index (κ1) is 24.3. The molecule has 5 rings (SSSR count). The minimum Gasteiger partial charge on any atom is -0.454 e. The molecule has 1 aliphatic rings. The summed E-state index contributed by atoms with van der Waals surface area (Å²) in [6.45, 7) is 0.153. The number of aromatic nitrogens is 2.